The third kappa shape index (κ3) is 2.38. The number of rotatable bonds is 1. The molecule has 2 aromatic rings. The fraction of sp³-hybridized carbons (Fsp3) is 0.0769. The standard InChI is InChI=1S/C13H8F5N/c14-11-8(5-6-10(19)12(11)15)7-3-1-2-4-9(7)13(16,17)18/h1-6H,19H2. The second-order valence-corrected chi connectivity index (χ2v) is 3.87. The zero-order valence-corrected chi connectivity index (χ0v) is 9.43. The normalized spacial score (nSPS) is 11.6. The van der Waals surface area contributed by atoms with Crippen LogP contribution in [0.2, 0.25) is 0 Å². The number of benzene rings is 2. The van der Waals surface area contributed by atoms with Crippen molar-refractivity contribution < 1.29 is 22.0 Å². The summed E-state index contributed by atoms with van der Waals surface area (Å²) in [4.78, 5) is 0. The Labute approximate surface area is 105 Å². The van der Waals surface area contributed by atoms with Gasteiger partial charge in [0.15, 0.2) is 11.6 Å². The molecule has 0 spiro atoms. The van der Waals surface area contributed by atoms with Crippen LogP contribution in [-0.2, 0) is 6.18 Å². The molecule has 0 amide bonds. The fourth-order valence-electron chi connectivity index (χ4n) is 1.74. The molecule has 0 aliphatic carbocycles. The molecule has 0 bridgehead atoms. The maximum absolute atomic E-state index is 13.7. The number of nitrogens with two attached hydrogens (primary N) is 1. The summed E-state index contributed by atoms with van der Waals surface area (Å²) in [6.07, 6.45) is -4.65. The van der Waals surface area contributed by atoms with E-state index in [1.165, 1.54) is 12.1 Å². The summed E-state index contributed by atoms with van der Waals surface area (Å²) in [7, 11) is 0. The predicted octanol–water partition coefficient (Wildman–Crippen LogP) is 4.23. The first-order valence-electron chi connectivity index (χ1n) is 5.22. The van der Waals surface area contributed by atoms with Crippen LogP contribution in [0.15, 0.2) is 36.4 Å². The molecule has 2 rings (SSSR count). The van der Waals surface area contributed by atoms with E-state index in [2.05, 4.69) is 0 Å². The van der Waals surface area contributed by atoms with Crippen LogP contribution in [0.3, 0.4) is 0 Å². The van der Waals surface area contributed by atoms with Gasteiger partial charge in [-0.15, -0.1) is 0 Å². The summed E-state index contributed by atoms with van der Waals surface area (Å²) in [6.45, 7) is 0. The molecule has 19 heavy (non-hydrogen) atoms. The minimum absolute atomic E-state index is 0.425. The average molecular weight is 273 g/mol. The van der Waals surface area contributed by atoms with Gasteiger partial charge in [0.05, 0.1) is 11.3 Å². The van der Waals surface area contributed by atoms with Gasteiger partial charge in [-0.3, -0.25) is 0 Å². The summed E-state index contributed by atoms with van der Waals surface area (Å²) >= 11 is 0. The van der Waals surface area contributed by atoms with Crippen LogP contribution < -0.4 is 5.73 Å². The van der Waals surface area contributed by atoms with E-state index >= 15 is 0 Å². The van der Waals surface area contributed by atoms with Crippen molar-refractivity contribution in [2.24, 2.45) is 0 Å². The zero-order chi connectivity index (χ0) is 14.2. The van der Waals surface area contributed by atoms with Crippen molar-refractivity contribution >= 4 is 5.69 Å². The number of nitrogen functional groups attached to an aromatic ring is 1. The highest BCUT2D eigenvalue weighted by Gasteiger charge is 2.34. The summed E-state index contributed by atoms with van der Waals surface area (Å²) in [5.74, 6) is -2.74. The van der Waals surface area contributed by atoms with Crippen molar-refractivity contribution in [3.8, 4) is 11.1 Å². The Bertz CT molecular complexity index is 619. The van der Waals surface area contributed by atoms with Crippen LogP contribution in [-0.4, -0.2) is 0 Å². The van der Waals surface area contributed by atoms with Gasteiger partial charge < -0.3 is 5.73 Å². The Morgan fingerprint density at radius 1 is 0.789 bits per heavy atom. The van der Waals surface area contributed by atoms with Gasteiger partial charge >= 0.3 is 6.18 Å². The van der Waals surface area contributed by atoms with Gasteiger partial charge in [0.1, 0.15) is 0 Å². The molecule has 100 valence electrons. The predicted molar refractivity (Wildman–Crippen MR) is 61.2 cm³/mol. The molecule has 0 aliphatic heterocycles. The van der Waals surface area contributed by atoms with E-state index in [-0.39, 0.29) is 0 Å². The number of alkyl halides is 3. The van der Waals surface area contributed by atoms with Crippen molar-refractivity contribution in [1.82, 2.24) is 0 Å². The first-order valence-corrected chi connectivity index (χ1v) is 5.22. The molecular formula is C13H8F5N. The third-order valence-corrected chi connectivity index (χ3v) is 2.63. The lowest BCUT2D eigenvalue weighted by molar-refractivity contribution is -0.137. The number of anilines is 1. The maximum Gasteiger partial charge on any atom is 0.417 e. The second-order valence-electron chi connectivity index (χ2n) is 3.87. The molecule has 0 aromatic heterocycles. The lowest BCUT2D eigenvalue weighted by atomic mass is 9.98. The monoisotopic (exact) mass is 273 g/mol. The number of hydrogen-bond donors (Lipinski definition) is 1. The fourth-order valence-corrected chi connectivity index (χ4v) is 1.74. The van der Waals surface area contributed by atoms with Gasteiger partial charge in [-0.2, -0.15) is 13.2 Å². The van der Waals surface area contributed by atoms with Crippen LogP contribution in [0, 0.1) is 11.6 Å². The molecule has 0 radical (unpaired) electrons. The van der Waals surface area contributed by atoms with Gasteiger partial charge in [0, 0.05) is 5.56 Å². The SMILES string of the molecule is Nc1ccc(-c2ccccc2C(F)(F)F)c(F)c1F. The van der Waals surface area contributed by atoms with Crippen molar-refractivity contribution in [3.63, 3.8) is 0 Å². The zero-order valence-electron chi connectivity index (χ0n) is 9.43. The van der Waals surface area contributed by atoms with Crippen LogP contribution in [0.4, 0.5) is 27.6 Å². The highest BCUT2D eigenvalue weighted by Crippen LogP contribution is 2.38. The molecule has 0 fully saturated rings. The molecule has 0 atom stereocenters. The maximum atomic E-state index is 13.7. The van der Waals surface area contributed by atoms with Crippen molar-refractivity contribution in [3.05, 3.63) is 53.6 Å². The van der Waals surface area contributed by atoms with E-state index in [9.17, 15) is 22.0 Å². The first kappa shape index (κ1) is 13.3. The topological polar surface area (TPSA) is 26.0 Å². The minimum atomic E-state index is -4.65. The van der Waals surface area contributed by atoms with E-state index in [1.807, 2.05) is 0 Å². The number of halogens is 5. The Morgan fingerprint density at radius 2 is 1.42 bits per heavy atom. The highest BCUT2D eigenvalue weighted by atomic mass is 19.4. The molecule has 2 aromatic carbocycles. The molecule has 0 unspecified atom stereocenters. The largest absolute Gasteiger partial charge is 0.417 e. The molecular weight excluding hydrogens is 265 g/mol. The summed E-state index contributed by atoms with van der Waals surface area (Å²) in [5, 5.41) is 0. The molecule has 2 N–H and O–H groups in total. The molecule has 6 heteroatoms. The van der Waals surface area contributed by atoms with E-state index < -0.39 is 40.2 Å². The van der Waals surface area contributed by atoms with Crippen LogP contribution >= 0.6 is 0 Å². The minimum Gasteiger partial charge on any atom is -0.396 e. The van der Waals surface area contributed by atoms with E-state index in [0.29, 0.717) is 0 Å². The Hall–Kier alpha value is -2.11. The van der Waals surface area contributed by atoms with Crippen LogP contribution in [0.25, 0.3) is 11.1 Å². The van der Waals surface area contributed by atoms with Gasteiger partial charge in [0.25, 0.3) is 0 Å². The summed E-state index contributed by atoms with van der Waals surface area (Å²) in [5.41, 5.74) is 2.77. The van der Waals surface area contributed by atoms with Crippen LogP contribution in [0.5, 0.6) is 0 Å². The Balaban J connectivity index is 2.70. The summed E-state index contributed by atoms with van der Waals surface area (Å²) in [6, 6.07) is 6.44. The van der Waals surface area contributed by atoms with Crippen molar-refractivity contribution in [1.29, 1.82) is 0 Å². The molecule has 1 nitrogen and oxygen atoms in total. The van der Waals surface area contributed by atoms with E-state index in [0.717, 1.165) is 24.3 Å². The highest BCUT2D eigenvalue weighted by molar-refractivity contribution is 5.70. The van der Waals surface area contributed by atoms with Crippen molar-refractivity contribution in [2.75, 3.05) is 5.73 Å². The lowest BCUT2D eigenvalue weighted by Gasteiger charge is -2.13. The Morgan fingerprint density at radius 3 is 2.05 bits per heavy atom. The molecule has 0 aliphatic rings. The number of hydrogen-bond acceptors (Lipinski definition) is 1. The van der Waals surface area contributed by atoms with E-state index in [4.69, 9.17) is 5.73 Å². The average Bonchev–Trinajstić information content (AvgIpc) is 2.35. The van der Waals surface area contributed by atoms with Crippen LogP contribution in [0.1, 0.15) is 5.56 Å². The Kier molecular flexibility index (Phi) is 3.18. The van der Waals surface area contributed by atoms with Gasteiger partial charge in [-0.05, 0) is 23.8 Å². The lowest BCUT2D eigenvalue weighted by Crippen LogP contribution is -2.08. The summed E-state index contributed by atoms with van der Waals surface area (Å²) < 4.78 is 65.4. The van der Waals surface area contributed by atoms with Gasteiger partial charge in [-0.1, -0.05) is 18.2 Å². The third-order valence-electron chi connectivity index (χ3n) is 2.63. The second kappa shape index (κ2) is 4.53. The molecule has 0 saturated heterocycles. The van der Waals surface area contributed by atoms with E-state index in [1.54, 1.807) is 0 Å². The quantitative estimate of drug-likeness (QED) is 0.610. The smallest absolute Gasteiger partial charge is 0.396 e. The molecule has 0 heterocycles. The van der Waals surface area contributed by atoms with Crippen molar-refractivity contribution in [2.45, 2.75) is 6.18 Å². The van der Waals surface area contributed by atoms with Gasteiger partial charge in [-0.25, -0.2) is 8.78 Å². The van der Waals surface area contributed by atoms with Gasteiger partial charge in [0.2, 0.25) is 0 Å². The first-order chi connectivity index (χ1) is 8.82. The molecule has 0 saturated carbocycles.